The van der Waals surface area contributed by atoms with Crippen molar-refractivity contribution in [2.45, 2.75) is 17.8 Å². The zero-order valence-corrected chi connectivity index (χ0v) is 15.9. The Hall–Kier alpha value is -2.69. The van der Waals surface area contributed by atoms with Gasteiger partial charge >= 0.3 is 6.18 Å². The molecule has 7 nitrogen and oxygen atoms in total. The minimum Gasteiger partial charge on any atom is -0.493 e. The van der Waals surface area contributed by atoms with Gasteiger partial charge in [0.2, 0.25) is 5.91 Å². The van der Waals surface area contributed by atoms with Crippen LogP contribution in [-0.2, 0) is 17.4 Å². The lowest BCUT2D eigenvalue weighted by molar-refractivity contribution is -0.141. The number of ether oxygens (including phenoxy) is 2. The highest BCUT2D eigenvalue weighted by Crippen LogP contribution is 2.28. The van der Waals surface area contributed by atoms with Gasteiger partial charge in [0.25, 0.3) is 5.56 Å². The third-order valence-electron chi connectivity index (χ3n) is 3.53. The Morgan fingerprint density at radius 1 is 1.21 bits per heavy atom. The first-order chi connectivity index (χ1) is 13.2. The fraction of sp³-hybridized carbons (Fsp3) is 0.353. The van der Waals surface area contributed by atoms with Gasteiger partial charge in [-0.2, -0.15) is 13.2 Å². The molecule has 0 atom stereocenters. The van der Waals surface area contributed by atoms with E-state index in [4.69, 9.17) is 9.47 Å². The van der Waals surface area contributed by atoms with Crippen LogP contribution in [0, 0.1) is 0 Å². The van der Waals surface area contributed by atoms with Crippen molar-refractivity contribution in [3.05, 3.63) is 45.9 Å². The Bertz CT molecular complexity index is 887. The molecule has 2 N–H and O–H groups in total. The number of methoxy groups -OCH3 is 2. The van der Waals surface area contributed by atoms with Crippen LogP contribution in [0.5, 0.6) is 11.5 Å². The minimum atomic E-state index is -4.73. The number of hydrogen-bond acceptors (Lipinski definition) is 6. The summed E-state index contributed by atoms with van der Waals surface area (Å²) in [5.74, 6) is 0.581. The number of benzene rings is 1. The molecule has 0 radical (unpaired) electrons. The van der Waals surface area contributed by atoms with Gasteiger partial charge in [-0.3, -0.25) is 9.59 Å². The maximum Gasteiger partial charge on any atom is 0.433 e. The molecule has 1 heterocycles. The van der Waals surface area contributed by atoms with Gasteiger partial charge in [-0.05, 0) is 24.1 Å². The molecule has 0 spiro atoms. The quantitative estimate of drug-likeness (QED) is 0.506. The Kier molecular flexibility index (Phi) is 7.32. The largest absolute Gasteiger partial charge is 0.493 e. The van der Waals surface area contributed by atoms with Crippen LogP contribution in [-0.4, -0.2) is 42.4 Å². The van der Waals surface area contributed by atoms with Gasteiger partial charge in [-0.25, -0.2) is 4.98 Å². The van der Waals surface area contributed by atoms with E-state index < -0.39 is 23.3 Å². The number of nitrogens with zero attached hydrogens (tertiary/aromatic N) is 1. The molecule has 0 saturated carbocycles. The molecule has 1 amide bonds. The Balaban J connectivity index is 1.85. The molecule has 28 heavy (non-hydrogen) atoms. The zero-order valence-electron chi connectivity index (χ0n) is 15.1. The van der Waals surface area contributed by atoms with Crippen LogP contribution in [0.3, 0.4) is 0 Å². The molecular formula is C17H18F3N3O4S. The summed E-state index contributed by atoms with van der Waals surface area (Å²) in [4.78, 5) is 28.7. The molecule has 1 aromatic carbocycles. The van der Waals surface area contributed by atoms with Crippen LogP contribution in [0.2, 0.25) is 0 Å². The van der Waals surface area contributed by atoms with Crippen molar-refractivity contribution >= 4 is 17.7 Å². The fourth-order valence-electron chi connectivity index (χ4n) is 2.22. The number of rotatable bonds is 8. The highest BCUT2D eigenvalue weighted by atomic mass is 32.2. The molecule has 0 saturated heterocycles. The van der Waals surface area contributed by atoms with E-state index in [1.807, 2.05) is 6.07 Å². The summed E-state index contributed by atoms with van der Waals surface area (Å²) in [6.07, 6.45) is -4.21. The van der Waals surface area contributed by atoms with E-state index >= 15 is 0 Å². The smallest absolute Gasteiger partial charge is 0.433 e. The molecule has 152 valence electrons. The predicted molar refractivity (Wildman–Crippen MR) is 96.8 cm³/mol. The molecule has 0 aliphatic rings. The second-order valence-corrected chi connectivity index (χ2v) is 6.48. The zero-order chi connectivity index (χ0) is 20.7. The van der Waals surface area contributed by atoms with Gasteiger partial charge < -0.3 is 19.8 Å². The molecule has 0 aliphatic carbocycles. The maximum atomic E-state index is 12.7. The van der Waals surface area contributed by atoms with E-state index in [0.717, 1.165) is 5.56 Å². The maximum absolute atomic E-state index is 12.7. The Labute approximate surface area is 162 Å². The van der Waals surface area contributed by atoms with Gasteiger partial charge in [0, 0.05) is 12.6 Å². The monoisotopic (exact) mass is 417 g/mol. The van der Waals surface area contributed by atoms with E-state index in [-0.39, 0.29) is 10.9 Å². The van der Waals surface area contributed by atoms with Crippen molar-refractivity contribution in [1.82, 2.24) is 15.3 Å². The number of nitrogens with one attached hydrogen (secondary N) is 2. The molecule has 0 fully saturated rings. The van der Waals surface area contributed by atoms with Crippen molar-refractivity contribution in [3.63, 3.8) is 0 Å². The van der Waals surface area contributed by atoms with Crippen LogP contribution in [0.15, 0.2) is 34.2 Å². The van der Waals surface area contributed by atoms with E-state index in [1.165, 1.54) is 14.2 Å². The lowest BCUT2D eigenvalue weighted by Crippen LogP contribution is -2.27. The van der Waals surface area contributed by atoms with Crippen molar-refractivity contribution in [3.8, 4) is 11.5 Å². The summed E-state index contributed by atoms with van der Waals surface area (Å²) in [5.41, 5.74) is -1.32. The third kappa shape index (κ3) is 6.19. The van der Waals surface area contributed by atoms with Gasteiger partial charge in [0.1, 0.15) is 0 Å². The third-order valence-corrected chi connectivity index (χ3v) is 4.41. The van der Waals surface area contributed by atoms with E-state index in [1.54, 1.807) is 12.1 Å². The average molecular weight is 417 g/mol. The van der Waals surface area contributed by atoms with Crippen molar-refractivity contribution in [1.29, 1.82) is 0 Å². The number of alkyl halides is 3. The van der Waals surface area contributed by atoms with E-state index in [2.05, 4.69) is 15.3 Å². The van der Waals surface area contributed by atoms with Crippen LogP contribution in [0.25, 0.3) is 0 Å². The number of thioether (sulfide) groups is 1. The summed E-state index contributed by atoms with van der Waals surface area (Å²) >= 11 is 0.715. The first kappa shape index (κ1) is 21.6. The van der Waals surface area contributed by atoms with Crippen molar-refractivity contribution < 1.29 is 27.4 Å². The first-order valence-electron chi connectivity index (χ1n) is 8.02. The fourth-order valence-corrected chi connectivity index (χ4v) is 2.92. The number of aromatic nitrogens is 2. The number of halogens is 3. The lowest BCUT2D eigenvalue weighted by Gasteiger charge is -2.10. The SMILES string of the molecule is COc1ccc(CCNC(=O)CSc2nc(C(F)(F)F)cc(=O)[nH]2)cc1OC. The number of H-pyrrole nitrogens is 1. The van der Waals surface area contributed by atoms with Crippen LogP contribution >= 0.6 is 11.8 Å². The molecule has 2 rings (SSSR count). The molecule has 1 aromatic heterocycles. The first-order valence-corrected chi connectivity index (χ1v) is 9.00. The lowest BCUT2D eigenvalue weighted by atomic mass is 10.1. The summed E-state index contributed by atoms with van der Waals surface area (Å²) in [6.45, 7) is 0.321. The summed E-state index contributed by atoms with van der Waals surface area (Å²) in [5, 5.41) is 2.38. The molecule has 0 aliphatic heterocycles. The molecule has 0 unspecified atom stereocenters. The normalized spacial score (nSPS) is 11.2. The molecule has 11 heteroatoms. The van der Waals surface area contributed by atoms with Crippen LogP contribution in [0.4, 0.5) is 13.2 Å². The number of carbonyl (C=O) groups is 1. The Morgan fingerprint density at radius 2 is 1.93 bits per heavy atom. The van der Waals surface area contributed by atoms with Gasteiger partial charge in [0.15, 0.2) is 22.3 Å². The second kappa shape index (κ2) is 9.49. The van der Waals surface area contributed by atoms with E-state index in [0.29, 0.717) is 42.3 Å². The number of amides is 1. The topological polar surface area (TPSA) is 93.3 Å². The van der Waals surface area contributed by atoms with Gasteiger partial charge in [0.05, 0.1) is 20.0 Å². The summed E-state index contributed by atoms with van der Waals surface area (Å²) in [7, 11) is 3.05. The number of aromatic amines is 1. The Morgan fingerprint density at radius 3 is 2.57 bits per heavy atom. The van der Waals surface area contributed by atoms with Crippen molar-refractivity contribution in [2.75, 3.05) is 26.5 Å². The van der Waals surface area contributed by atoms with Crippen molar-refractivity contribution in [2.24, 2.45) is 0 Å². The summed E-state index contributed by atoms with van der Waals surface area (Å²) < 4.78 is 48.3. The molecule has 0 bridgehead atoms. The van der Waals surface area contributed by atoms with Gasteiger partial charge in [-0.1, -0.05) is 17.8 Å². The summed E-state index contributed by atoms with van der Waals surface area (Å²) in [6, 6.07) is 5.74. The standard InChI is InChI=1S/C17H18F3N3O4S/c1-26-11-4-3-10(7-12(11)27-2)5-6-21-15(25)9-28-16-22-13(17(18,19)20)8-14(24)23-16/h3-4,7-8H,5-6,9H2,1-2H3,(H,21,25)(H,22,23,24). The molecule has 2 aromatic rings. The number of carbonyl (C=O) groups excluding carboxylic acids is 1. The predicted octanol–water partition coefficient (Wildman–Crippen LogP) is 2.26. The van der Waals surface area contributed by atoms with Gasteiger partial charge in [-0.15, -0.1) is 0 Å². The highest BCUT2D eigenvalue weighted by molar-refractivity contribution is 7.99. The number of hydrogen-bond donors (Lipinski definition) is 2. The average Bonchev–Trinajstić information content (AvgIpc) is 2.65. The van der Waals surface area contributed by atoms with E-state index in [9.17, 15) is 22.8 Å². The second-order valence-electron chi connectivity index (χ2n) is 5.51. The van der Waals surface area contributed by atoms with Crippen LogP contribution in [0.1, 0.15) is 11.3 Å². The van der Waals surface area contributed by atoms with Crippen LogP contribution < -0.4 is 20.3 Å². The molecular weight excluding hydrogens is 399 g/mol. The minimum absolute atomic E-state index is 0.184. The highest BCUT2D eigenvalue weighted by Gasteiger charge is 2.33.